The van der Waals surface area contributed by atoms with E-state index < -0.39 is 0 Å². The lowest BCUT2D eigenvalue weighted by Gasteiger charge is -2.21. The second-order valence-corrected chi connectivity index (χ2v) is 5.65. The second-order valence-electron chi connectivity index (χ2n) is 5.65. The topological polar surface area (TPSA) is 25.8 Å². The van der Waals surface area contributed by atoms with Gasteiger partial charge in [-0.25, -0.2) is 0 Å². The summed E-state index contributed by atoms with van der Waals surface area (Å²) in [6.07, 6.45) is 5.41. The molecular formula is C17H16N2. The number of hydrogen-bond acceptors (Lipinski definition) is 2. The van der Waals surface area contributed by atoms with Gasteiger partial charge in [-0.2, -0.15) is 0 Å². The molecule has 0 N–H and O–H groups in total. The van der Waals surface area contributed by atoms with Crippen LogP contribution in [0.5, 0.6) is 0 Å². The zero-order valence-corrected chi connectivity index (χ0v) is 11.1. The van der Waals surface area contributed by atoms with Gasteiger partial charge in [-0.05, 0) is 42.9 Å². The van der Waals surface area contributed by atoms with Crippen molar-refractivity contribution >= 4 is 21.8 Å². The van der Waals surface area contributed by atoms with E-state index in [1.54, 1.807) is 0 Å². The van der Waals surface area contributed by atoms with Crippen LogP contribution in [0.25, 0.3) is 21.8 Å². The van der Waals surface area contributed by atoms with E-state index in [0.717, 1.165) is 23.4 Å². The maximum absolute atomic E-state index is 4.93. The van der Waals surface area contributed by atoms with E-state index in [9.17, 15) is 0 Å². The van der Waals surface area contributed by atoms with Gasteiger partial charge in [0.05, 0.1) is 11.0 Å². The average molecular weight is 248 g/mol. The Hall–Kier alpha value is -1.96. The van der Waals surface area contributed by atoms with E-state index in [1.165, 1.54) is 34.9 Å². The molecule has 1 aromatic carbocycles. The standard InChI is InChI=1S/C17H16N2/c1-11-4-5-13-10-14-7-6-12-3-2-8-18-16(12)17(14)19-15(13)9-11/h2-3,6-8,10-11H,4-5,9H2,1H3/t11-/m1/s1. The average Bonchev–Trinajstić information content (AvgIpc) is 2.45. The van der Waals surface area contributed by atoms with Crippen LogP contribution in [0.15, 0.2) is 36.5 Å². The van der Waals surface area contributed by atoms with Crippen molar-refractivity contribution in [3.63, 3.8) is 0 Å². The van der Waals surface area contributed by atoms with Crippen molar-refractivity contribution in [3.05, 3.63) is 47.8 Å². The first kappa shape index (κ1) is 10.9. The number of hydrogen-bond donors (Lipinski definition) is 0. The Labute approximate surface area is 112 Å². The fraction of sp³-hybridized carbons (Fsp3) is 0.294. The summed E-state index contributed by atoms with van der Waals surface area (Å²) in [6.45, 7) is 2.32. The second kappa shape index (κ2) is 4.02. The molecule has 3 aromatic rings. The molecule has 1 aliphatic rings. The largest absolute Gasteiger partial charge is 0.254 e. The molecule has 0 spiro atoms. The quantitative estimate of drug-likeness (QED) is 0.564. The molecule has 0 aliphatic heterocycles. The summed E-state index contributed by atoms with van der Waals surface area (Å²) in [7, 11) is 0. The third-order valence-electron chi connectivity index (χ3n) is 4.17. The van der Waals surface area contributed by atoms with Crippen LogP contribution >= 0.6 is 0 Å². The fourth-order valence-corrected chi connectivity index (χ4v) is 3.08. The number of rotatable bonds is 0. The van der Waals surface area contributed by atoms with Crippen LogP contribution in [0.2, 0.25) is 0 Å². The van der Waals surface area contributed by atoms with Gasteiger partial charge < -0.3 is 0 Å². The molecule has 1 aliphatic carbocycles. The fourth-order valence-electron chi connectivity index (χ4n) is 3.08. The summed E-state index contributed by atoms with van der Waals surface area (Å²) >= 11 is 0. The molecule has 0 amide bonds. The molecule has 0 fully saturated rings. The van der Waals surface area contributed by atoms with Gasteiger partial charge in [0.25, 0.3) is 0 Å². The normalized spacial score (nSPS) is 18.7. The van der Waals surface area contributed by atoms with Gasteiger partial charge in [-0.3, -0.25) is 9.97 Å². The number of fused-ring (bicyclic) bond motifs is 4. The molecule has 19 heavy (non-hydrogen) atoms. The zero-order chi connectivity index (χ0) is 12.8. The molecular weight excluding hydrogens is 232 g/mol. The minimum absolute atomic E-state index is 0.750. The van der Waals surface area contributed by atoms with Crippen molar-refractivity contribution in [3.8, 4) is 0 Å². The molecule has 0 unspecified atom stereocenters. The van der Waals surface area contributed by atoms with Crippen LogP contribution in [-0.2, 0) is 12.8 Å². The van der Waals surface area contributed by atoms with Gasteiger partial charge in [0.1, 0.15) is 0 Å². The van der Waals surface area contributed by atoms with Crippen molar-refractivity contribution in [2.24, 2.45) is 5.92 Å². The van der Waals surface area contributed by atoms with Crippen LogP contribution in [0, 0.1) is 5.92 Å². The molecule has 2 aromatic heterocycles. The van der Waals surface area contributed by atoms with E-state index in [2.05, 4.69) is 36.2 Å². The van der Waals surface area contributed by atoms with Crippen molar-refractivity contribution in [2.75, 3.05) is 0 Å². The summed E-state index contributed by atoms with van der Waals surface area (Å²) in [5, 5.41) is 2.39. The van der Waals surface area contributed by atoms with Crippen molar-refractivity contribution < 1.29 is 0 Å². The molecule has 0 saturated carbocycles. The third-order valence-corrected chi connectivity index (χ3v) is 4.17. The highest BCUT2D eigenvalue weighted by molar-refractivity contribution is 6.02. The van der Waals surface area contributed by atoms with E-state index in [-0.39, 0.29) is 0 Å². The highest BCUT2D eigenvalue weighted by atomic mass is 14.8. The number of benzene rings is 1. The number of pyridine rings is 2. The molecule has 4 rings (SSSR count). The Kier molecular flexibility index (Phi) is 2.31. The molecule has 1 atom stereocenters. The van der Waals surface area contributed by atoms with Crippen molar-refractivity contribution in [2.45, 2.75) is 26.2 Å². The summed E-state index contributed by atoms with van der Waals surface area (Å²) in [5.41, 5.74) is 4.80. The Morgan fingerprint density at radius 2 is 2.00 bits per heavy atom. The van der Waals surface area contributed by atoms with Crippen LogP contribution in [0.4, 0.5) is 0 Å². The van der Waals surface area contributed by atoms with Crippen LogP contribution in [-0.4, -0.2) is 9.97 Å². The van der Waals surface area contributed by atoms with Crippen LogP contribution in [0.1, 0.15) is 24.6 Å². The smallest absolute Gasteiger partial charge is 0.0968 e. The predicted molar refractivity (Wildman–Crippen MR) is 78.2 cm³/mol. The molecule has 2 nitrogen and oxygen atoms in total. The van der Waals surface area contributed by atoms with E-state index in [4.69, 9.17) is 4.98 Å². The first-order valence-electron chi connectivity index (χ1n) is 6.97. The minimum Gasteiger partial charge on any atom is -0.254 e. The lowest BCUT2D eigenvalue weighted by molar-refractivity contribution is 0.493. The van der Waals surface area contributed by atoms with E-state index in [1.807, 2.05) is 12.3 Å². The summed E-state index contributed by atoms with van der Waals surface area (Å²) in [4.78, 5) is 9.45. The maximum atomic E-state index is 4.93. The highest BCUT2D eigenvalue weighted by Gasteiger charge is 2.17. The first-order valence-corrected chi connectivity index (χ1v) is 6.97. The third kappa shape index (κ3) is 1.71. The van der Waals surface area contributed by atoms with Crippen LogP contribution < -0.4 is 0 Å². The van der Waals surface area contributed by atoms with Crippen molar-refractivity contribution in [1.82, 2.24) is 9.97 Å². The Morgan fingerprint density at radius 1 is 1.11 bits per heavy atom. The SMILES string of the molecule is C[C@@H]1CCc2cc3ccc4cccnc4c3nc2C1. The molecule has 0 bridgehead atoms. The monoisotopic (exact) mass is 248 g/mol. The van der Waals surface area contributed by atoms with Gasteiger partial charge in [0.15, 0.2) is 0 Å². The highest BCUT2D eigenvalue weighted by Crippen LogP contribution is 2.29. The lowest BCUT2D eigenvalue weighted by Crippen LogP contribution is -2.13. The Balaban J connectivity index is 2.06. The van der Waals surface area contributed by atoms with Gasteiger partial charge in [-0.1, -0.05) is 25.1 Å². The van der Waals surface area contributed by atoms with E-state index in [0.29, 0.717) is 0 Å². The van der Waals surface area contributed by atoms with Gasteiger partial charge in [0.2, 0.25) is 0 Å². The Morgan fingerprint density at radius 3 is 2.95 bits per heavy atom. The van der Waals surface area contributed by atoms with Crippen LogP contribution in [0.3, 0.4) is 0 Å². The van der Waals surface area contributed by atoms with Gasteiger partial charge >= 0.3 is 0 Å². The minimum atomic E-state index is 0.750. The van der Waals surface area contributed by atoms with Gasteiger partial charge in [0, 0.05) is 22.7 Å². The molecule has 0 radical (unpaired) electrons. The predicted octanol–water partition coefficient (Wildman–Crippen LogP) is 3.91. The molecule has 2 heteroatoms. The van der Waals surface area contributed by atoms with Crippen molar-refractivity contribution in [1.29, 1.82) is 0 Å². The van der Waals surface area contributed by atoms with E-state index >= 15 is 0 Å². The first-order chi connectivity index (χ1) is 9.31. The van der Waals surface area contributed by atoms with Gasteiger partial charge in [-0.15, -0.1) is 0 Å². The number of nitrogens with zero attached hydrogens (tertiary/aromatic N) is 2. The molecule has 2 heterocycles. The zero-order valence-electron chi connectivity index (χ0n) is 11.1. The summed E-state index contributed by atoms with van der Waals surface area (Å²) in [6, 6.07) is 10.7. The maximum Gasteiger partial charge on any atom is 0.0968 e. The molecule has 94 valence electrons. The number of aromatic nitrogens is 2. The Bertz CT molecular complexity index is 777. The molecule has 0 saturated heterocycles. The summed E-state index contributed by atoms with van der Waals surface area (Å²) < 4.78 is 0. The lowest BCUT2D eigenvalue weighted by atomic mass is 9.87. The summed E-state index contributed by atoms with van der Waals surface area (Å²) in [5.74, 6) is 0.750. The number of aryl methyl sites for hydroxylation is 1.